The van der Waals surface area contributed by atoms with Crippen molar-refractivity contribution in [2.45, 2.75) is 24.0 Å². The number of benzene rings is 1. The number of esters is 1. The summed E-state index contributed by atoms with van der Waals surface area (Å²) < 4.78 is 27.1. The van der Waals surface area contributed by atoms with Gasteiger partial charge in [-0.3, -0.25) is 9.36 Å². The van der Waals surface area contributed by atoms with Crippen LogP contribution in [0.4, 0.5) is 4.39 Å². The Labute approximate surface area is 192 Å². The van der Waals surface area contributed by atoms with Gasteiger partial charge in [-0.15, -0.1) is 0 Å². The second kappa shape index (κ2) is 10.2. The molecule has 4 aromatic rings. The van der Waals surface area contributed by atoms with Crippen molar-refractivity contribution in [3.8, 4) is 5.88 Å². The zero-order chi connectivity index (χ0) is 23.2. The summed E-state index contributed by atoms with van der Waals surface area (Å²) in [5, 5.41) is 0.0779. The molecule has 0 saturated heterocycles. The molecule has 8 nitrogen and oxygen atoms in total. The van der Waals surface area contributed by atoms with E-state index in [1.807, 2.05) is 0 Å². The van der Waals surface area contributed by atoms with Crippen LogP contribution >= 0.6 is 11.8 Å². The fourth-order valence-electron chi connectivity index (χ4n) is 3.02. The highest BCUT2D eigenvalue weighted by Gasteiger charge is 2.21. The highest BCUT2D eigenvalue weighted by Crippen LogP contribution is 2.36. The summed E-state index contributed by atoms with van der Waals surface area (Å²) in [4.78, 5) is 36.8. The molecule has 168 valence electrons. The van der Waals surface area contributed by atoms with Gasteiger partial charge in [-0.2, -0.15) is 4.98 Å². The minimum Gasteiger partial charge on any atom is -0.460 e. The highest BCUT2D eigenvalue weighted by atomic mass is 32.2. The van der Waals surface area contributed by atoms with E-state index in [1.165, 1.54) is 29.2 Å². The summed E-state index contributed by atoms with van der Waals surface area (Å²) in [6.07, 6.45) is 6.33. The van der Waals surface area contributed by atoms with Crippen molar-refractivity contribution in [2.24, 2.45) is 0 Å². The van der Waals surface area contributed by atoms with Crippen molar-refractivity contribution in [1.82, 2.24) is 19.5 Å². The molecule has 0 fully saturated rings. The van der Waals surface area contributed by atoms with Gasteiger partial charge in [0.2, 0.25) is 11.6 Å². The van der Waals surface area contributed by atoms with Gasteiger partial charge in [0, 0.05) is 36.6 Å². The van der Waals surface area contributed by atoms with Crippen LogP contribution in [0.2, 0.25) is 0 Å². The van der Waals surface area contributed by atoms with Gasteiger partial charge in [0.25, 0.3) is 5.56 Å². The maximum atomic E-state index is 15.0. The standard InChI is InChI=1S/C23H19FN4O4S/c1-2-31-22(30)18-8-9-19(32-18)28-13-17(10-15-11-25-14-26-12-15)21(29)27-23(28)33-20(24)16-6-4-3-5-7-16/h3-9,11-14,20H,2,10H2,1H3. The number of carbonyl (C=O) groups is 1. The number of alkyl halides is 1. The first kappa shape index (κ1) is 22.4. The summed E-state index contributed by atoms with van der Waals surface area (Å²) in [6.45, 7) is 1.88. The van der Waals surface area contributed by atoms with Gasteiger partial charge >= 0.3 is 5.97 Å². The Morgan fingerprint density at radius 2 is 1.94 bits per heavy atom. The zero-order valence-electron chi connectivity index (χ0n) is 17.6. The van der Waals surface area contributed by atoms with Gasteiger partial charge in [0.1, 0.15) is 6.33 Å². The third-order valence-corrected chi connectivity index (χ3v) is 5.53. The van der Waals surface area contributed by atoms with E-state index in [-0.39, 0.29) is 29.8 Å². The summed E-state index contributed by atoms with van der Waals surface area (Å²) in [5.74, 6) is -0.445. The van der Waals surface area contributed by atoms with E-state index in [9.17, 15) is 9.59 Å². The van der Waals surface area contributed by atoms with E-state index in [4.69, 9.17) is 9.15 Å². The number of hydrogen-bond acceptors (Lipinski definition) is 8. The van der Waals surface area contributed by atoms with Gasteiger partial charge in [0.05, 0.1) is 6.61 Å². The van der Waals surface area contributed by atoms with E-state index in [1.54, 1.807) is 49.6 Å². The maximum absolute atomic E-state index is 15.0. The summed E-state index contributed by atoms with van der Waals surface area (Å²) >= 11 is 0.760. The maximum Gasteiger partial charge on any atom is 0.374 e. The Morgan fingerprint density at radius 3 is 2.67 bits per heavy atom. The molecule has 33 heavy (non-hydrogen) atoms. The van der Waals surface area contributed by atoms with Crippen LogP contribution in [0.3, 0.4) is 0 Å². The Morgan fingerprint density at radius 1 is 1.18 bits per heavy atom. The minimum atomic E-state index is -1.47. The molecule has 1 unspecified atom stereocenters. The predicted octanol–water partition coefficient (Wildman–Crippen LogP) is 4.14. The van der Waals surface area contributed by atoms with Gasteiger partial charge < -0.3 is 9.15 Å². The molecule has 0 spiro atoms. The molecule has 1 aromatic carbocycles. The van der Waals surface area contributed by atoms with Crippen LogP contribution in [0.5, 0.6) is 0 Å². The number of carbonyl (C=O) groups excluding carboxylic acids is 1. The van der Waals surface area contributed by atoms with Crippen LogP contribution in [-0.2, 0) is 11.2 Å². The fourth-order valence-corrected chi connectivity index (χ4v) is 3.89. The Balaban J connectivity index is 1.74. The van der Waals surface area contributed by atoms with E-state index in [0.29, 0.717) is 16.7 Å². The number of nitrogens with zero attached hydrogens (tertiary/aromatic N) is 4. The monoisotopic (exact) mass is 466 g/mol. The lowest BCUT2D eigenvalue weighted by atomic mass is 10.1. The number of thioether (sulfide) groups is 1. The lowest BCUT2D eigenvalue weighted by Crippen LogP contribution is -2.19. The van der Waals surface area contributed by atoms with Crippen molar-refractivity contribution in [1.29, 1.82) is 0 Å². The topological polar surface area (TPSA) is 100 Å². The third kappa shape index (κ3) is 5.35. The molecule has 4 rings (SSSR count). The number of aromatic nitrogens is 4. The number of hydrogen-bond donors (Lipinski definition) is 0. The molecule has 1 atom stereocenters. The molecule has 0 aliphatic carbocycles. The van der Waals surface area contributed by atoms with Gasteiger partial charge in [0.15, 0.2) is 10.7 Å². The van der Waals surface area contributed by atoms with Crippen molar-refractivity contribution >= 4 is 17.7 Å². The molecule has 0 amide bonds. The summed E-state index contributed by atoms with van der Waals surface area (Å²) in [5.41, 5.74) is -0.506. The quantitative estimate of drug-likeness (QED) is 0.217. The van der Waals surface area contributed by atoms with Gasteiger partial charge in [-0.1, -0.05) is 30.3 Å². The van der Waals surface area contributed by atoms with Crippen LogP contribution in [-0.4, -0.2) is 32.1 Å². The van der Waals surface area contributed by atoms with Crippen LogP contribution in [0, 0.1) is 0 Å². The number of ether oxygens (including phenoxy) is 1. The second-order valence-electron chi connectivity index (χ2n) is 6.85. The van der Waals surface area contributed by atoms with Crippen LogP contribution in [0.15, 0.2) is 81.8 Å². The fraction of sp³-hybridized carbons (Fsp3) is 0.174. The molecule has 3 aromatic heterocycles. The molecular formula is C23H19FN4O4S. The zero-order valence-corrected chi connectivity index (χ0v) is 18.4. The Bertz CT molecular complexity index is 1290. The number of rotatable bonds is 8. The van der Waals surface area contributed by atoms with E-state index < -0.39 is 17.0 Å². The Hall–Kier alpha value is -3.79. The third-order valence-electron chi connectivity index (χ3n) is 4.55. The van der Waals surface area contributed by atoms with Crippen LogP contribution < -0.4 is 5.56 Å². The van der Waals surface area contributed by atoms with E-state index >= 15 is 4.39 Å². The summed E-state index contributed by atoms with van der Waals surface area (Å²) in [6, 6.07) is 11.5. The van der Waals surface area contributed by atoms with Crippen LogP contribution in [0.25, 0.3) is 5.88 Å². The van der Waals surface area contributed by atoms with Gasteiger partial charge in [-0.05, 0) is 35.9 Å². The average molecular weight is 466 g/mol. The lowest BCUT2D eigenvalue weighted by Gasteiger charge is -2.14. The molecule has 0 aliphatic rings. The largest absolute Gasteiger partial charge is 0.460 e. The van der Waals surface area contributed by atoms with Crippen LogP contribution in [0.1, 0.15) is 39.7 Å². The molecule has 0 radical (unpaired) electrons. The average Bonchev–Trinajstić information content (AvgIpc) is 3.32. The first-order chi connectivity index (χ1) is 16.0. The second-order valence-corrected chi connectivity index (χ2v) is 7.87. The molecular weight excluding hydrogens is 447 g/mol. The number of furan rings is 1. The first-order valence-electron chi connectivity index (χ1n) is 10.0. The summed E-state index contributed by atoms with van der Waals surface area (Å²) in [7, 11) is 0. The first-order valence-corrected chi connectivity index (χ1v) is 10.9. The van der Waals surface area contributed by atoms with Gasteiger partial charge in [-0.25, -0.2) is 19.2 Å². The lowest BCUT2D eigenvalue weighted by molar-refractivity contribution is 0.0489. The molecule has 10 heteroatoms. The van der Waals surface area contributed by atoms with Crippen molar-refractivity contribution < 1.29 is 18.3 Å². The molecule has 0 N–H and O–H groups in total. The van der Waals surface area contributed by atoms with E-state index in [0.717, 1.165) is 11.8 Å². The van der Waals surface area contributed by atoms with Crippen molar-refractivity contribution in [3.63, 3.8) is 0 Å². The minimum absolute atomic E-state index is 0.0145. The molecule has 0 bridgehead atoms. The molecule has 0 aliphatic heterocycles. The number of halogens is 1. The Kier molecular flexibility index (Phi) is 6.94. The molecule has 3 heterocycles. The smallest absolute Gasteiger partial charge is 0.374 e. The normalized spacial score (nSPS) is 11.8. The van der Waals surface area contributed by atoms with Crippen molar-refractivity contribution in [3.05, 3.63) is 100 Å². The van der Waals surface area contributed by atoms with Crippen molar-refractivity contribution in [2.75, 3.05) is 6.61 Å². The highest BCUT2D eigenvalue weighted by molar-refractivity contribution is 7.99. The molecule has 0 saturated carbocycles. The SMILES string of the molecule is CCOC(=O)c1ccc(-n2cc(Cc3cncnc3)c(=O)nc2SC(F)c2ccccc2)o1. The predicted molar refractivity (Wildman–Crippen MR) is 119 cm³/mol. The van der Waals surface area contributed by atoms with E-state index in [2.05, 4.69) is 15.0 Å².